The van der Waals surface area contributed by atoms with Crippen molar-refractivity contribution in [1.29, 1.82) is 0 Å². The molecule has 1 atom stereocenters. The lowest BCUT2D eigenvalue weighted by Crippen LogP contribution is -2.35. The predicted octanol–water partition coefficient (Wildman–Crippen LogP) is 1.79. The number of benzene rings is 1. The predicted molar refractivity (Wildman–Crippen MR) is 75.3 cm³/mol. The van der Waals surface area contributed by atoms with Crippen LogP contribution in [0.2, 0.25) is 0 Å². The van der Waals surface area contributed by atoms with Gasteiger partial charge in [-0.2, -0.15) is 0 Å². The Morgan fingerprint density at radius 3 is 2.86 bits per heavy atom. The van der Waals surface area contributed by atoms with Crippen LogP contribution in [-0.2, 0) is 16.1 Å². The third-order valence-corrected chi connectivity index (χ3v) is 3.47. The molecule has 1 aromatic carbocycles. The van der Waals surface area contributed by atoms with Crippen molar-refractivity contribution in [2.75, 3.05) is 34.0 Å². The molecule has 0 aromatic heterocycles. The van der Waals surface area contributed by atoms with Crippen LogP contribution >= 0.6 is 0 Å². The van der Waals surface area contributed by atoms with Gasteiger partial charge in [0, 0.05) is 24.7 Å². The Morgan fingerprint density at radius 2 is 2.19 bits per heavy atom. The zero-order valence-electron chi connectivity index (χ0n) is 12.3. The first kappa shape index (κ1) is 15.6. The van der Waals surface area contributed by atoms with E-state index in [4.69, 9.17) is 14.2 Å². The molecule has 0 radical (unpaired) electrons. The highest BCUT2D eigenvalue weighted by atomic mass is 19.1. The second-order valence-corrected chi connectivity index (χ2v) is 4.85. The minimum atomic E-state index is -0.594. The molecule has 1 fully saturated rings. The molecule has 1 heterocycles. The number of methoxy groups -OCH3 is 2. The number of alkyl halides is 1. The monoisotopic (exact) mass is 297 g/mol. The molecule has 1 unspecified atom stereocenters. The Labute approximate surface area is 123 Å². The van der Waals surface area contributed by atoms with Crippen LogP contribution in [0.1, 0.15) is 12.0 Å². The Balaban J connectivity index is 2.16. The Hall–Kier alpha value is -1.82. The number of hydrogen-bond acceptors (Lipinski definition) is 4. The van der Waals surface area contributed by atoms with E-state index in [9.17, 15) is 9.18 Å². The average Bonchev–Trinajstić information content (AvgIpc) is 2.69. The number of carbonyl (C=O) groups is 1. The van der Waals surface area contributed by atoms with E-state index in [1.165, 1.54) is 0 Å². The van der Waals surface area contributed by atoms with Crippen LogP contribution in [0, 0.1) is 0 Å². The highest BCUT2D eigenvalue weighted by molar-refractivity contribution is 5.76. The summed E-state index contributed by atoms with van der Waals surface area (Å²) in [6.07, 6.45) is -0.282. The summed E-state index contributed by atoms with van der Waals surface area (Å²) < 4.78 is 28.6. The van der Waals surface area contributed by atoms with E-state index in [1.807, 2.05) is 12.1 Å². The molecule has 0 N–H and O–H groups in total. The number of nitrogens with zero attached hydrogens (tertiary/aromatic N) is 1. The third kappa shape index (κ3) is 3.85. The van der Waals surface area contributed by atoms with Gasteiger partial charge in [-0.05, 0) is 12.1 Å². The maximum atomic E-state index is 12.8. The normalized spacial score (nSPS) is 19.3. The molecule has 0 aliphatic carbocycles. The molecule has 1 saturated heterocycles. The highest BCUT2D eigenvalue weighted by Crippen LogP contribution is 2.26. The first-order chi connectivity index (χ1) is 10.2. The smallest absolute Gasteiger partial charge is 0.225 e. The lowest BCUT2D eigenvalue weighted by atomic mass is 10.1. The van der Waals surface area contributed by atoms with Gasteiger partial charge in [0.25, 0.3) is 0 Å². The molecule has 0 bridgehead atoms. The molecule has 0 spiro atoms. The first-order valence-corrected chi connectivity index (χ1v) is 6.84. The van der Waals surface area contributed by atoms with Crippen molar-refractivity contribution in [1.82, 2.24) is 4.90 Å². The van der Waals surface area contributed by atoms with Crippen molar-refractivity contribution in [2.45, 2.75) is 19.1 Å². The summed E-state index contributed by atoms with van der Waals surface area (Å²) in [5, 5.41) is 0. The lowest BCUT2D eigenvalue weighted by molar-refractivity contribution is -0.131. The van der Waals surface area contributed by atoms with E-state index in [0.717, 1.165) is 5.56 Å². The molecule has 1 amide bonds. The van der Waals surface area contributed by atoms with Gasteiger partial charge in [-0.25, -0.2) is 4.39 Å². The van der Waals surface area contributed by atoms with E-state index >= 15 is 0 Å². The molecule has 6 heteroatoms. The summed E-state index contributed by atoms with van der Waals surface area (Å²) in [6.45, 7) is 0.295. The molecule has 21 heavy (non-hydrogen) atoms. The van der Waals surface area contributed by atoms with Gasteiger partial charge in [-0.3, -0.25) is 4.79 Å². The van der Waals surface area contributed by atoms with Gasteiger partial charge in [-0.15, -0.1) is 0 Å². The molecule has 0 saturated carbocycles. The third-order valence-electron chi connectivity index (χ3n) is 3.47. The molecular weight excluding hydrogens is 277 g/mol. The first-order valence-electron chi connectivity index (χ1n) is 6.84. The van der Waals surface area contributed by atoms with Crippen LogP contribution < -0.4 is 9.47 Å². The van der Waals surface area contributed by atoms with Crippen molar-refractivity contribution >= 4 is 5.91 Å². The van der Waals surface area contributed by atoms with E-state index < -0.39 is 12.8 Å². The fraction of sp³-hybridized carbons (Fsp3) is 0.533. The van der Waals surface area contributed by atoms with Gasteiger partial charge in [0.1, 0.15) is 24.3 Å². The van der Waals surface area contributed by atoms with Gasteiger partial charge >= 0.3 is 0 Å². The van der Waals surface area contributed by atoms with Gasteiger partial charge in [-0.1, -0.05) is 0 Å². The van der Waals surface area contributed by atoms with Gasteiger partial charge < -0.3 is 19.1 Å². The van der Waals surface area contributed by atoms with Crippen LogP contribution in [-0.4, -0.2) is 51.0 Å². The number of amides is 1. The fourth-order valence-electron chi connectivity index (χ4n) is 2.31. The summed E-state index contributed by atoms with van der Waals surface area (Å²) in [4.78, 5) is 13.7. The summed E-state index contributed by atoms with van der Waals surface area (Å²) >= 11 is 0. The minimum Gasteiger partial charge on any atom is -0.497 e. The van der Waals surface area contributed by atoms with Crippen LogP contribution in [0.15, 0.2) is 18.2 Å². The van der Waals surface area contributed by atoms with E-state index in [0.29, 0.717) is 18.0 Å². The molecule has 2 rings (SSSR count). The van der Waals surface area contributed by atoms with Gasteiger partial charge in [0.2, 0.25) is 5.91 Å². The quantitative estimate of drug-likeness (QED) is 0.831. The van der Waals surface area contributed by atoms with Crippen molar-refractivity contribution in [2.24, 2.45) is 0 Å². The Kier molecular flexibility index (Phi) is 5.38. The number of hydrogen-bond donors (Lipinski definition) is 0. The summed E-state index contributed by atoms with van der Waals surface area (Å²) in [5.74, 6) is 1.29. The van der Waals surface area contributed by atoms with Crippen LogP contribution in [0.3, 0.4) is 0 Å². The van der Waals surface area contributed by atoms with Crippen molar-refractivity contribution in [3.05, 3.63) is 23.8 Å². The van der Waals surface area contributed by atoms with Crippen LogP contribution in [0.5, 0.6) is 11.5 Å². The van der Waals surface area contributed by atoms with Crippen LogP contribution in [0.4, 0.5) is 4.39 Å². The Morgan fingerprint density at radius 1 is 1.38 bits per heavy atom. The second kappa shape index (κ2) is 7.26. The van der Waals surface area contributed by atoms with Crippen molar-refractivity contribution in [3.8, 4) is 11.5 Å². The second-order valence-electron chi connectivity index (χ2n) is 4.85. The number of carbonyl (C=O) groups excluding carboxylic acids is 1. The summed E-state index contributed by atoms with van der Waals surface area (Å²) in [5.41, 5.74) is 0.853. The summed E-state index contributed by atoms with van der Waals surface area (Å²) in [7, 11) is 3.14. The van der Waals surface area contributed by atoms with Crippen molar-refractivity contribution in [3.63, 3.8) is 0 Å². The molecule has 116 valence electrons. The van der Waals surface area contributed by atoms with Gasteiger partial charge in [0.15, 0.2) is 0 Å². The van der Waals surface area contributed by atoms with E-state index in [-0.39, 0.29) is 25.5 Å². The zero-order chi connectivity index (χ0) is 15.2. The molecule has 1 aliphatic heterocycles. The topological polar surface area (TPSA) is 48.0 Å². The maximum Gasteiger partial charge on any atom is 0.225 e. The average molecular weight is 297 g/mol. The Bertz CT molecular complexity index is 495. The number of ether oxygens (including phenoxy) is 3. The van der Waals surface area contributed by atoms with Crippen molar-refractivity contribution < 1.29 is 23.4 Å². The standard InChI is InChI=1S/C15H20FNO4/c1-19-12-4-3-11(14(7-12)20-2)9-17-10-13(8-16)21-6-5-15(17)18/h3-4,7,13H,5-6,8-10H2,1-2H3. The number of halogens is 1. The number of rotatable bonds is 5. The van der Waals surface area contributed by atoms with E-state index in [1.54, 1.807) is 25.2 Å². The molecule has 1 aliphatic rings. The highest BCUT2D eigenvalue weighted by Gasteiger charge is 2.24. The summed E-state index contributed by atoms with van der Waals surface area (Å²) in [6, 6.07) is 5.42. The van der Waals surface area contributed by atoms with E-state index in [2.05, 4.69) is 0 Å². The fourth-order valence-corrected chi connectivity index (χ4v) is 2.31. The maximum absolute atomic E-state index is 12.8. The lowest BCUT2D eigenvalue weighted by Gasteiger charge is -2.24. The van der Waals surface area contributed by atoms with Crippen LogP contribution in [0.25, 0.3) is 0 Å². The molecule has 1 aromatic rings. The van der Waals surface area contributed by atoms with Gasteiger partial charge in [0.05, 0.1) is 27.2 Å². The SMILES string of the molecule is COc1ccc(CN2CC(CF)OCCC2=O)c(OC)c1. The molecule has 5 nitrogen and oxygen atoms in total. The molecular formula is C15H20FNO4. The minimum absolute atomic E-state index is 0.0381. The zero-order valence-corrected chi connectivity index (χ0v) is 12.3. The largest absolute Gasteiger partial charge is 0.497 e.